The van der Waals surface area contributed by atoms with Crippen molar-refractivity contribution in [2.75, 3.05) is 20.3 Å². The number of nitrogens with two attached hydrogens (primary N) is 1. The molecule has 0 saturated heterocycles. The highest BCUT2D eigenvalue weighted by molar-refractivity contribution is 5.97. The van der Waals surface area contributed by atoms with Gasteiger partial charge in [-0.1, -0.05) is 12.5 Å². The third kappa shape index (κ3) is 3.29. The van der Waals surface area contributed by atoms with Crippen molar-refractivity contribution in [2.24, 2.45) is 5.73 Å². The van der Waals surface area contributed by atoms with E-state index in [1.54, 1.807) is 7.11 Å². The number of aliphatic hydroxyl groups is 1. The van der Waals surface area contributed by atoms with Crippen LogP contribution in [-0.2, 0) is 6.54 Å². The van der Waals surface area contributed by atoms with Crippen LogP contribution in [0.2, 0.25) is 0 Å². The van der Waals surface area contributed by atoms with Crippen LogP contribution in [0.4, 0.5) is 0 Å². The number of hydrogen-bond donors (Lipinski definition) is 3. The molecule has 20 heavy (non-hydrogen) atoms. The zero-order valence-electron chi connectivity index (χ0n) is 11.9. The number of ether oxygens (including phenoxy) is 1. The molecule has 5 heteroatoms. The summed E-state index contributed by atoms with van der Waals surface area (Å²) in [6.45, 7) is 1.67. The molecule has 0 heterocycles. The summed E-state index contributed by atoms with van der Waals surface area (Å²) in [7, 11) is 1.59. The average molecular weight is 277 g/mol. The first-order valence-electron chi connectivity index (χ1n) is 7.02. The zero-order valence-corrected chi connectivity index (χ0v) is 11.9. The van der Waals surface area contributed by atoms with Crippen LogP contribution in [0.3, 0.4) is 0 Å². The van der Waals surface area contributed by atoms with Crippen molar-refractivity contribution < 1.29 is 9.84 Å². The normalized spacial score (nSPS) is 15.2. The van der Waals surface area contributed by atoms with Crippen molar-refractivity contribution in [2.45, 2.75) is 31.8 Å². The van der Waals surface area contributed by atoms with E-state index in [4.69, 9.17) is 15.9 Å². The Kier molecular flexibility index (Phi) is 4.98. The summed E-state index contributed by atoms with van der Waals surface area (Å²) < 4.78 is 5.30. The molecule has 4 N–H and O–H groups in total. The van der Waals surface area contributed by atoms with Crippen molar-refractivity contribution in [1.82, 2.24) is 4.90 Å². The lowest BCUT2D eigenvalue weighted by Crippen LogP contribution is -2.41. The number of benzene rings is 1. The van der Waals surface area contributed by atoms with E-state index in [0.29, 0.717) is 23.9 Å². The topological polar surface area (TPSA) is 82.6 Å². The summed E-state index contributed by atoms with van der Waals surface area (Å²) in [6, 6.07) is 6.32. The van der Waals surface area contributed by atoms with Crippen LogP contribution in [0, 0.1) is 5.41 Å². The van der Waals surface area contributed by atoms with E-state index in [-0.39, 0.29) is 12.4 Å². The summed E-state index contributed by atoms with van der Waals surface area (Å²) in [5, 5.41) is 16.7. The van der Waals surface area contributed by atoms with Gasteiger partial charge in [-0.05, 0) is 30.5 Å². The lowest BCUT2D eigenvalue weighted by Gasteiger charge is -2.37. The summed E-state index contributed by atoms with van der Waals surface area (Å²) in [6.07, 6.45) is 3.70. The second-order valence-electron chi connectivity index (χ2n) is 5.23. The minimum absolute atomic E-state index is 0.0135. The van der Waals surface area contributed by atoms with E-state index in [0.717, 1.165) is 12.1 Å². The van der Waals surface area contributed by atoms with Gasteiger partial charge in [-0.2, -0.15) is 0 Å². The van der Waals surface area contributed by atoms with Crippen LogP contribution in [0.1, 0.15) is 30.4 Å². The first-order valence-corrected chi connectivity index (χ1v) is 7.02. The smallest absolute Gasteiger partial charge is 0.130 e. The monoisotopic (exact) mass is 277 g/mol. The number of nitrogen functional groups attached to an aromatic ring is 1. The fourth-order valence-corrected chi connectivity index (χ4v) is 2.56. The van der Waals surface area contributed by atoms with Gasteiger partial charge >= 0.3 is 0 Å². The molecule has 1 saturated carbocycles. The average Bonchev–Trinajstić information content (AvgIpc) is 2.36. The third-order valence-electron chi connectivity index (χ3n) is 3.92. The molecule has 2 rings (SSSR count). The Balaban J connectivity index is 2.13. The summed E-state index contributed by atoms with van der Waals surface area (Å²) >= 11 is 0. The Bertz CT molecular complexity index is 472. The quantitative estimate of drug-likeness (QED) is 0.518. The van der Waals surface area contributed by atoms with E-state index < -0.39 is 0 Å². The van der Waals surface area contributed by atoms with Crippen LogP contribution in [0.25, 0.3) is 0 Å². The Morgan fingerprint density at radius 1 is 1.50 bits per heavy atom. The lowest BCUT2D eigenvalue weighted by atomic mass is 9.91. The van der Waals surface area contributed by atoms with Crippen molar-refractivity contribution in [1.29, 1.82) is 5.41 Å². The zero-order chi connectivity index (χ0) is 14.5. The van der Waals surface area contributed by atoms with Crippen LogP contribution < -0.4 is 10.5 Å². The summed E-state index contributed by atoms with van der Waals surface area (Å²) in [4.78, 5) is 2.31. The molecule has 1 aromatic carbocycles. The highest BCUT2D eigenvalue weighted by atomic mass is 16.5. The molecule has 0 unspecified atom stereocenters. The predicted molar refractivity (Wildman–Crippen MR) is 79.1 cm³/mol. The number of amidine groups is 1. The number of rotatable bonds is 7. The van der Waals surface area contributed by atoms with E-state index >= 15 is 0 Å². The molecule has 0 amide bonds. The fourth-order valence-electron chi connectivity index (χ4n) is 2.56. The summed E-state index contributed by atoms with van der Waals surface area (Å²) in [5.41, 5.74) is 7.26. The Morgan fingerprint density at radius 2 is 2.25 bits per heavy atom. The van der Waals surface area contributed by atoms with Gasteiger partial charge in [-0.15, -0.1) is 0 Å². The molecule has 1 aliphatic rings. The van der Waals surface area contributed by atoms with Gasteiger partial charge in [0.15, 0.2) is 0 Å². The molecule has 0 radical (unpaired) electrons. The molecule has 0 spiro atoms. The molecule has 1 aromatic rings. The van der Waals surface area contributed by atoms with Crippen molar-refractivity contribution >= 4 is 5.84 Å². The van der Waals surface area contributed by atoms with Crippen LogP contribution in [0.15, 0.2) is 18.2 Å². The number of nitrogens with one attached hydrogen (secondary N) is 1. The second kappa shape index (κ2) is 6.72. The molecule has 0 aliphatic heterocycles. The lowest BCUT2D eigenvalue weighted by molar-refractivity contribution is 0.0945. The second-order valence-corrected chi connectivity index (χ2v) is 5.23. The van der Waals surface area contributed by atoms with Crippen LogP contribution >= 0.6 is 0 Å². The van der Waals surface area contributed by atoms with Crippen molar-refractivity contribution in [3.8, 4) is 5.75 Å². The number of hydrogen-bond acceptors (Lipinski definition) is 4. The minimum Gasteiger partial charge on any atom is -0.496 e. The van der Waals surface area contributed by atoms with Gasteiger partial charge in [0.25, 0.3) is 0 Å². The Labute approximate surface area is 119 Å². The largest absolute Gasteiger partial charge is 0.496 e. The third-order valence-corrected chi connectivity index (χ3v) is 3.92. The van der Waals surface area contributed by atoms with Gasteiger partial charge in [0.05, 0.1) is 19.3 Å². The van der Waals surface area contributed by atoms with Crippen LogP contribution in [-0.4, -0.2) is 42.1 Å². The molecule has 0 atom stereocenters. The number of methoxy groups -OCH3 is 1. The van der Waals surface area contributed by atoms with Crippen molar-refractivity contribution in [3.63, 3.8) is 0 Å². The molecular formula is C15H23N3O2. The number of nitrogens with zero attached hydrogens (tertiary/aromatic N) is 1. The molecule has 0 aromatic heterocycles. The SMILES string of the molecule is COc1cc(CN(CCO)C2CCC2)ccc1C(=N)N. The van der Waals surface area contributed by atoms with Gasteiger partial charge in [-0.3, -0.25) is 10.3 Å². The molecule has 1 aliphatic carbocycles. The maximum absolute atomic E-state index is 9.19. The highest BCUT2D eigenvalue weighted by Gasteiger charge is 2.24. The summed E-state index contributed by atoms with van der Waals surface area (Å²) in [5.74, 6) is 0.646. The highest BCUT2D eigenvalue weighted by Crippen LogP contribution is 2.27. The molecule has 1 fully saturated rings. The van der Waals surface area contributed by atoms with E-state index in [2.05, 4.69) is 4.90 Å². The van der Waals surface area contributed by atoms with E-state index in [1.807, 2.05) is 18.2 Å². The Hall–Kier alpha value is -1.59. The first kappa shape index (κ1) is 14.8. The van der Waals surface area contributed by atoms with E-state index in [1.165, 1.54) is 19.3 Å². The van der Waals surface area contributed by atoms with Gasteiger partial charge in [-0.25, -0.2) is 0 Å². The van der Waals surface area contributed by atoms with Crippen molar-refractivity contribution in [3.05, 3.63) is 29.3 Å². The molecule has 0 bridgehead atoms. The maximum atomic E-state index is 9.19. The molecule has 5 nitrogen and oxygen atoms in total. The van der Waals surface area contributed by atoms with E-state index in [9.17, 15) is 5.11 Å². The van der Waals surface area contributed by atoms with Gasteiger partial charge in [0.2, 0.25) is 0 Å². The minimum atomic E-state index is 0.0135. The number of aliphatic hydroxyl groups excluding tert-OH is 1. The Morgan fingerprint density at radius 3 is 2.75 bits per heavy atom. The maximum Gasteiger partial charge on any atom is 0.130 e. The molecule has 110 valence electrons. The standard InChI is InChI=1S/C15H23N3O2/c1-20-14-9-11(5-6-13(14)15(16)17)10-18(7-8-19)12-3-2-4-12/h5-6,9,12,19H,2-4,7-8,10H2,1H3,(H3,16,17). The fraction of sp³-hybridized carbons (Fsp3) is 0.533. The molecular weight excluding hydrogens is 254 g/mol. The first-order chi connectivity index (χ1) is 9.65. The predicted octanol–water partition coefficient (Wildman–Crippen LogP) is 1.33. The van der Waals surface area contributed by atoms with Crippen LogP contribution in [0.5, 0.6) is 5.75 Å². The van der Waals surface area contributed by atoms with Gasteiger partial charge in [0, 0.05) is 19.1 Å². The van der Waals surface area contributed by atoms with Gasteiger partial charge < -0.3 is 15.6 Å². The van der Waals surface area contributed by atoms with Gasteiger partial charge in [0.1, 0.15) is 11.6 Å².